The zero-order valence-corrected chi connectivity index (χ0v) is 20.8. The number of aromatic nitrogens is 1. The molecule has 2 heterocycles. The lowest BCUT2D eigenvalue weighted by Crippen LogP contribution is -2.38. The van der Waals surface area contributed by atoms with Crippen LogP contribution in [0.2, 0.25) is 0 Å². The molecule has 0 aliphatic rings. The third-order valence-corrected chi connectivity index (χ3v) is 7.91. The van der Waals surface area contributed by atoms with Crippen molar-refractivity contribution in [2.75, 3.05) is 31.1 Å². The van der Waals surface area contributed by atoms with Gasteiger partial charge in [0.1, 0.15) is 0 Å². The van der Waals surface area contributed by atoms with Gasteiger partial charge in [0.05, 0.1) is 20.0 Å². The molecule has 0 bridgehead atoms. The molecular weight excluding hydrogens is 512 g/mol. The molecule has 166 valence electrons. The molecule has 0 unspecified atom stereocenters. The molecule has 7 nitrogen and oxygen atoms in total. The number of hydrogen-bond donors (Lipinski definition) is 0. The van der Waals surface area contributed by atoms with Crippen LogP contribution in [-0.2, 0) is 0 Å². The fraction of sp³-hybridized carbons (Fsp3) is 0.273. The van der Waals surface area contributed by atoms with E-state index in [1.54, 1.807) is 17.0 Å². The van der Waals surface area contributed by atoms with Crippen molar-refractivity contribution in [3.8, 4) is 0 Å². The highest BCUT2D eigenvalue weighted by atomic mass is 79.9. The molecule has 0 aliphatic heterocycles. The first-order valence-corrected chi connectivity index (χ1v) is 12.6. The maximum absolute atomic E-state index is 13.6. The predicted octanol–water partition coefficient (Wildman–Crippen LogP) is 6.17. The lowest BCUT2D eigenvalue weighted by atomic mass is 10.2. The van der Waals surface area contributed by atoms with E-state index >= 15 is 0 Å². The van der Waals surface area contributed by atoms with E-state index in [0.717, 1.165) is 39.0 Å². The number of thiazole rings is 1. The smallest absolute Gasteiger partial charge is 0.270 e. The van der Waals surface area contributed by atoms with Crippen molar-refractivity contribution < 1.29 is 9.72 Å². The van der Waals surface area contributed by atoms with E-state index in [-0.39, 0.29) is 11.6 Å². The topological polar surface area (TPSA) is 79.6 Å². The first kappa shape index (κ1) is 22.8. The zero-order valence-electron chi connectivity index (χ0n) is 17.6. The third-order valence-electron chi connectivity index (χ3n) is 5.27. The van der Waals surface area contributed by atoms with Gasteiger partial charge >= 0.3 is 0 Å². The molecule has 2 aromatic carbocycles. The maximum atomic E-state index is 13.6. The van der Waals surface area contributed by atoms with Crippen LogP contribution >= 0.6 is 38.6 Å². The molecule has 2 aromatic heterocycles. The molecule has 4 aromatic rings. The van der Waals surface area contributed by atoms with Crippen LogP contribution in [0.25, 0.3) is 20.3 Å². The molecule has 0 N–H and O–H groups in total. The number of halogens is 1. The van der Waals surface area contributed by atoms with Crippen LogP contribution in [0.1, 0.15) is 23.5 Å². The van der Waals surface area contributed by atoms with Crippen LogP contribution in [0, 0.1) is 10.1 Å². The van der Waals surface area contributed by atoms with Gasteiger partial charge in [-0.3, -0.25) is 19.8 Å². The number of likely N-dealkylation sites (N-methyl/N-ethyl adjacent to an activating group) is 1. The number of benzene rings is 2. The third kappa shape index (κ3) is 4.68. The molecule has 10 heteroatoms. The standard InChI is InChI=1S/C22H21BrN4O3S2/c1-3-25(4-2)9-10-26(22-24-17-7-5-15(23)13-19(17)32-22)21(28)20-12-14-11-16(27(29)30)6-8-18(14)31-20/h5-8,11-13H,3-4,9-10H2,1-2H3. The number of fused-ring (bicyclic) bond motifs is 2. The Labute approximate surface area is 201 Å². The second-order valence-electron chi connectivity index (χ2n) is 7.18. The number of anilines is 1. The summed E-state index contributed by atoms with van der Waals surface area (Å²) in [4.78, 5) is 33.6. The average Bonchev–Trinajstić information content (AvgIpc) is 3.39. The molecule has 0 atom stereocenters. The molecule has 0 fully saturated rings. The highest BCUT2D eigenvalue weighted by molar-refractivity contribution is 9.10. The van der Waals surface area contributed by atoms with Gasteiger partial charge < -0.3 is 4.90 Å². The number of nitro groups is 1. The fourth-order valence-electron chi connectivity index (χ4n) is 3.45. The van der Waals surface area contributed by atoms with Crippen molar-refractivity contribution in [1.29, 1.82) is 0 Å². The quantitative estimate of drug-likeness (QED) is 0.200. The molecule has 4 rings (SSSR count). The number of non-ortho nitro benzene ring substituents is 1. The Kier molecular flexibility index (Phi) is 6.85. The van der Waals surface area contributed by atoms with Gasteiger partial charge in [-0.25, -0.2) is 4.98 Å². The van der Waals surface area contributed by atoms with Gasteiger partial charge in [-0.2, -0.15) is 0 Å². The average molecular weight is 533 g/mol. The Bertz CT molecular complexity index is 1300. The maximum Gasteiger partial charge on any atom is 0.270 e. The number of carbonyl (C=O) groups excluding carboxylic acids is 1. The van der Waals surface area contributed by atoms with Crippen molar-refractivity contribution in [1.82, 2.24) is 9.88 Å². The number of nitrogens with zero attached hydrogens (tertiary/aromatic N) is 4. The van der Waals surface area contributed by atoms with Crippen molar-refractivity contribution in [3.05, 3.63) is 61.9 Å². The van der Waals surface area contributed by atoms with Gasteiger partial charge in [0.25, 0.3) is 11.6 Å². The number of rotatable bonds is 8. The van der Waals surface area contributed by atoms with E-state index in [0.29, 0.717) is 21.9 Å². The number of nitro benzene ring substituents is 1. The Morgan fingerprint density at radius 1 is 1.06 bits per heavy atom. The van der Waals surface area contributed by atoms with E-state index in [2.05, 4.69) is 34.7 Å². The minimum atomic E-state index is -0.422. The Balaban J connectivity index is 1.71. The summed E-state index contributed by atoms with van der Waals surface area (Å²) < 4.78 is 2.81. The molecule has 0 saturated carbocycles. The zero-order chi connectivity index (χ0) is 22.8. The highest BCUT2D eigenvalue weighted by Gasteiger charge is 2.24. The van der Waals surface area contributed by atoms with Crippen molar-refractivity contribution in [2.45, 2.75) is 13.8 Å². The minimum Gasteiger partial charge on any atom is -0.302 e. The van der Waals surface area contributed by atoms with Crippen LogP contribution in [-0.4, -0.2) is 46.9 Å². The number of carbonyl (C=O) groups is 1. The van der Waals surface area contributed by atoms with Crippen LogP contribution < -0.4 is 4.90 Å². The molecule has 0 spiro atoms. The summed E-state index contributed by atoms with van der Waals surface area (Å²) in [7, 11) is 0. The first-order chi connectivity index (χ1) is 15.4. The number of hydrogen-bond acceptors (Lipinski definition) is 7. The predicted molar refractivity (Wildman–Crippen MR) is 135 cm³/mol. The Hall–Kier alpha value is -2.40. The van der Waals surface area contributed by atoms with E-state index in [9.17, 15) is 14.9 Å². The molecule has 0 aliphatic carbocycles. The molecular formula is C22H21BrN4O3S2. The van der Waals surface area contributed by atoms with Crippen molar-refractivity contribution in [3.63, 3.8) is 0 Å². The molecule has 0 radical (unpaired) electrons. The highest BCUT2D eigenvalue weighted by Crippen LogP contribution is 2.34. The Morgan fingerprint density at radius 3 is 2.56 bits per heavy atom. The summed E-state index contributed by atoms with van der Waals surface area (Å²) in [5.41, 5.74) is 0.866. The van der Waals surface area contributed by atoms with Gasteiger partial charge in [0.2, 0.25) is 0 Å². The van der Waals surface area contributed by atoms with Gasteiger partial charge in [0, 0.05) is 39.8 Å². The SMILES string of the molecule is CCN(CC)CCN(C(=O)c1cc2cc([N+](=O)[O-])ccc2s1)c1nc2ccc(Br)cc2s1. The van der Waals surface area contributed by atoms with Gasteiger partial charge in [0.15, 0.2) is 5.13 Å². The fourth-order valence-corrected chi connectivity index (χ4v) is 5.98. The lowest BCUT2D eigenvalue weighted by Gasteiger charge is -2.24. The first-order valence-electron chi connectivity index (χ1n) is 10.2. The van der Waals surface area contributed by atoms with E-state index in [4.69, 9.17) is 4.98 Å². The summed E-state index contributed by atoms with van der Waals surface area (Å²) in [5, 5.41) is 12.5. The molecule has 0 saturated heterocycles. The number of thiophene rings is 1. The molecule has 1 amide bonds. The summed E-state index contributed by atoms with van der Waals surface area (Å²) in [6, 6.07) is 12.3. The monoisotopic (exact) mass is 532 g/mol. The van der Waals surface area contributed by atoms with Crippen LogP contribution in [0.5, 0.6) is 0 Å². The van der Waals surface area contributed by atoms with E-state index in [1.807, 2.05) is 18.2 Å². The largest absolute Gasteiger partial charge is 0.302 e. The van der Waals surface area contributed by atoms with Gasteiger partial charge in [-0.15, -0.1) is 11.3 Å². The minimum absolute atomic E-state index is 0.0180. The van der Waals surface area contributed by atoms with Gasteiger partial charge in [-0.05, 0) is 43.4 Å². The molecule has 32 heavy (non-hydrogen) atoms. The second kappa shape index (κ2) is 9.62. The van der Waals surface area contributed by atoms with Crippen LogP contribution in [0.3, 0.4) is 0 Å². The Morgan fingerprint density at radius 2 is 1.84 bits per heavy atom. The lowest BCUT2D eigenvalue weighted by molar-refractivity contribution is -0.384. The summed E-state index contributed by atoms with van der Waals surface area (Å²) in [6.07, 6.45) is 0. The van der Waals surface area contributed by atoms with Crippen molar-refractivity contribution >= 4 is 75.6 Å². The summed E-state index contributed by atoms with van der Waals surface area (Å²) in [5.74, 6) is -0.140. The van der Waals surface area contributed by atoms with Crippen molar-refractivity contribution in [2.24, 2.45) is 0 Å². The van der Waals surface area contributed by atoms with E-state index in [1.165, 1.54) is 34.8 Å². The number of amides is 1. The summed E-state index contributed by atoms with van der Waals surface area (Å²) >= 11 is 6.32. The van der Waals surface area contributed by atoms with Crippen LogP contribution in [0.15, 0.2) is 46.9 Å². The second-order valence-corrected chi connectivity index (χ2v) is 10.2. The summed E-state index contributed by atoms with van der Waals surface area (Å²) in [6.45, 7) is 7.24. The normalized spacial score (nSPS) is 11.5. The van der Waals surface area contributed by atoms with E-state index < -0.39 is 4.92 Å². The van der Waals surface area contributed by atoms with Crippen LogP contribution in [0.4, 0.5) is 10.8 Å². The van der Waals surface area contributed by atoms with Gasteiger partial charge in [-0.1, -0.05) is 41.1 Å².